The van der Waals surface area contributed by atoms with Crippen molar-refractivity contribution in [2.24, 2.45) is 5.92 Å². The minimum Gasteiger partial charge on any atom is -0.508 e. The van der Waals surface area contributed by atoms with Crippen molar-refractivity contribution in [3.8, 4) is 11.5 Å². The lowest BCUT2D eigenvalue weighted by Crippen LogP contribution is -2.53. The van der Waals surface area contributed by atoms with Crippen LogP contribution in [0.15, 0.2) is 42.5 Å². The van der Waals surface area contributed by atoms with E-state index in [1.165, 1.54) is 24.8 Å². The number of phenolic OH excluding ortho intramolecular Hbond substituents is 1. The molecule has 0 spiro atoms. The lowest BCUT2D eigenvalue weighted by atomic mass is 9.81. The van der Waals surface area contributed by atoms with Crippen molar-refractivity contribution in [3.63, 3.8) is 0 Å². The normalized spacial score (nSPS) is 24.8. The van der Waals surface area contributed by atoms with Gasteiger partial charge in [0.15, 0.2) is 0 Å². The van der Waals surface area contributed by atoms with Gasteiger partial charge in [0, 0.05) is 30.1 Å². The predicted octanol–water partition coefficient (Wildman–Crippen LogP) is 3.96. The van der Waals surface area contributed by atoms with Gasteiger partial charge in [0.1, 0.15) is 23.1 Å². The van der Waals surface area contributed by atoms with Crippen LogP contribution in [0.25, 0.3) is 10.9 Å². The second-order valence-electron chi connectivity index (χ2n) is 9.44. The van der Waals surface area contributed by atoms with E-state index >= 15 is 0 Å². The Labute approximate surface area is 185 Å². The number of H-pyrrole nitrogens is 1. The van der Waals surface area contributed by atoms with Gasteiger partial charge in [-0.05, 0) is 67.1 Å². The fourth-order valence-corrected chi connectivity index (χ4v) is 5.22. The number of carbonyl (C=O) groups excluding carboxylic acids is 2. The summed E-state index contributed by atoms with van der Waals surface area (Å²) in [5.41, 5.74) is 2.58. The number of amides is 3. The average Bonchev–Trinajstić information content (AvgIpc) is 3.52. The van der Waals surface area contributed by atoms with Gasteiger partial charge < -0.3 is 14.8 Å². The Morgan fingerprint density at radius 1 is 1.19 bits per heavy atom. The van der Waals surface area contributed by atoms with E-state index in [4.69, 9.17) is 4.74 Å². The third kappa shape index (κ3) is 2.66. The van der Waals surface area contributed by atoms with Gasteiger partial charge in [0.2, 0.25) is 0 Å². The molecule has 7 heteroatoms. The van der Waals surface area contributed by atoms with E-state index in [1.807, 2.05) is 31.2 Å². The molecule has 1 aromatic heterocycles. The summed E-state index contributed by atoms with van der Waals surface area (Å²) in [6.45, 7) is 2.56. The molecule has 6 rings (SSSR count). The van der Waals surface area contributed by atoms with Crippen LogP contribution < -0.4 is 4.74 Å². The van der Waals surface area contributed by atoms with E-state index in [9.17, 15) is 14.7 Å². The summed E-state index contributed by atoms with van der Waals surface area (Å²) in [5.74, 6) is 1.38. The van der Waals surface area contributed by atoms with Crippen molar-refractivity contribution in [2.75, 3.05) is 13.7 Å². The Kier molecular flexibility index (Phi) is 3.91. The maximum Gasteiger partial charge on any atom is 0.328 e. The Hall–Kier alpha value is -3.48. The number of aromatic amines is 1. The summed E-state index contributed by atoms with van der Waals surface area (Å²) in [4.78, 5) is 32.8. The van der Waals surface area contributed by atoms with Gasteiger partial charge in [-0.15, -0.1) is 0 Å². The standard InChI is InChI=1S/C25H25N3O4/c1-25-12-19-18-11-17(32-13-14-6-7-14)8-9-20(18)26-21(19)22(15-4-3-5-16(29)10-15)28(25)24(31)27(2)23(25)30/h3-5,8-11,14,22,26,29H,6-7,12-13H2,1-2H3/t22-,25+/m1/s1. The highest BCUT2D eigenvalue weighted by atomic mass is 16.5. The number of aromatic hydroxyl groups is 1. The highest BCUT2D eigenvalue weighted by molar-refractivity contribution is 6.08. The number of aromatic nitrogens is 1. The Morgan fingerprint density at radius 3 is 2.75 bits per heavy atom. The zero-order valence-electron chi connectivity index (χ0n) is 18.1. The molecule has 1 aliphatic carbocycles. The summed E-state index contributed by atoms with van der Waals surface area (Å²) in [5, 5.41) is 11.2. The van der Waals surface area contributed by atoms with E-state index in [1.54, 1.807) is 23.1 Å². The van der Waals surface area contributed by atoms with E-state index in [2.05, 4.69) is 4.98 Å². The van der Waals surface area contributed by atoms with E-state index in [0.29, 0.717) is 12.3 Å². The summed E-state index contributed by atoms with van der Waals surface area (Å²) in [6.07, 6.45) is 2.87. The number of benzene rings is 2. The van der Waals surface area contributed by atoms with E-state index in [0.717, 1.165) is 40.1 Å². The molecule has 0 unspecified atom stereocenters. The maximum atomic E-state index is 13.2. The first-order chi connectivity index (χ1) is 15.4. The molecule has 0 radical (unpaired) electrons. The number of urea groups is 1. The van der Waals surface area contributed by atoms with Gasteiger partial charge in [-0.3, -0.25) is 14.6 Å². The highest BCUT2D eigenvalue weighted by Crippen LogP contribution is 2.49. The molecule has 3 aliphatic rings. The van der Waals surface area contributed by atoms with Crippen LogP contribution in [0.4, 0.5) is 4.79 Å². The largest absolute Gasteiger partial charge is 0.508 e. The summed E-state index contributed by atoms with van der Waals surface area (Å²) >= 11 is 0. The molecule has 2 atom stereocenters. The number of nitrogens with zero attached hydrogens (tertiary/aromatic N) is 2. The molecule has 164 valence electrons. The number of rotatable bonds is 4. The lowest BCUT2D eigenvalue weighted by Gasteiger charge is -2.42. The van der Waals surface area contributed by atoms with Crippen LogP contribution in [0.1, 0.15) is 42.6 Å². The van der Waals surface area contributed by atoms with Crippen molar-refractivity contribution in [1.82, 2.24) is 14.8 Å². The Balaban J connectivity index is 1.54. The number of nitrogens with one attached hydrogen (secondary N) is 1. The molecule has 0 bridgehead atoms. The monoisotopic (exact) mass is 431 g/mol. The Morgan fingerprint density at radius 2 is 2.00 bits per heavy atom. The molecule has 2 N–H and O–H groups in total. The first-order valence-corrected chi connectivity index (χ1v) is 11.0. The molecular formula is C25H25N3O4. The zero-order chi connectivity index (χ0) is 22.2. The van der Waals surface area contributed by atoms with E-state index in [-0.39, 0.29) is 17.7 Å². The summed E-state index contributed by atoms with van der Waals surface area (Å²) in [7, 11) is 1.53. The number of hydrogen-bond donors (Lipinski definition) is 2. The number of hydrogen-bond acceptors (Lipinski definition) is 4. The SMILES string of the molecule is CN1C(=O)N2[C@H](c3cccc(O)c3)c3[nH]c4ccc(OCC5CC5)cc4c3C[C@@]2(C)C1=O. The molecule has 7 nitrogen and oxygen atoms in total. The first-order valence-electron chi connectivity index (χ1n) is 11.0. The summed E-state index contributed by atoms with van der Waals surface area (Å²) in [6, 6.07) is 12.1. The van der Waals surface area contributed by atoms with Crippen LogP contribution in [0.3, 0.4) is 0 Å². The molecule has 3 aromatic rings. The van der Waals surface area contributed by atoms with Crippen molar-refractivity contribution < 1.29 is 19.4 Å². The lowest BCUT2D eigenvalue weighted by molar-refractivity contribution is -0.132. The summed E-state index contributed by atoms with van der Waals surface area (Å²) < 4.78 is 6.01. The number of phenols is 1. The molecule has 2 aliphatic heterocycles. The van der Waals surface area contributed by atoms with Crippen LogP contribution in [-0.2, 0) is 11.2 Å². The van der Waals surface area contributed by atoms with Gasteiger partial charge >= 0.3 is 6.03 Å². The zero-order valence-corrected chi connectivity index (χ0v) is 18.1. The average molecular weight is 431 g/mol. The number of fused-ring (bicyclic) bond motifs is 4. The van der Waals surface area contributed by atoms with Crippen LogP contribution in [-0.4, -0.2) is 51.0 Å². The van der Waals surface area contributed by atoms with Crippen molar-refractivity contribution in [3.05, 3.63) is 59.3 Å². The number of ether oxygens (including phenoxy) is 1. The fourth-order valence-electron chi connectivity index (χ4n) is 5.22. The Bertz CT molecular complexity index is 1280. The van der Waals surface area contributed by atoms with Gasteiger partial charge in [-0.25, -0.2) is 4.79 Å². The molecule has 32 heavy (non-hydrogen) atoms. The number of carbonyl (C=O) groups is 2. The minimum absolute atomic E-state index is 0.120. The molecule has 1 saturated heterocycles. The minimum atomic E-state index is -1.01. The van der Waals surface area contributed by atoms with E-state index < -0.39 is 11.6 Å². The van der Waals surface area contributed by atoms with Gasteiger partial charge in [-0.2, -0.15) is 0 Å². The smallest absolute Gasteiger partial charge is 0.328 e. The van der Waals surface area contributed by atoms with Gasteiger partial charge in [-0.1, -0.05) is 12.1 Å². The molecule has 2 fully saturated rings. The van der Waals surface area contributed by atoms with Gasteiger partial charge in [0.05, 0.1) is 6.61 Å². The van der Waals surface area contributed by atoms with Gasteiger partial charge in [0.25, 0.3) is 5.91 Å². The quantitative estimate of drug-likeness (QED) is 0.613. The van der Waals surface area contributed by atoms with Crippen molar-refractivity contribution in [1.29, 1.82) is 0 Å². The van der Waals surface area contributed by atoms with Crippen LogP contribution in [0.2, 0.25) is 0 Å². The van der Waals surface area contributed by atoms with Crippen molar-refractivity contribution in [2.45, 2.75) is 37.8 Å². The third-order valence-electron chi connectivity index (χ3n) is 7.12. The predicted molar refractivity (Wildman–Crippen MR) is 119 cm³/mol. The second-order valence-corrected chi connectivity index (χ2v) is 9.44. The number of likely N-dealkylation sites (N-methyl/N-ethyl adjacent to an activating group) is 1. The second kappa shape index (κ2) is 6.51. The highest BCUT2D eigenvalue weighted by Gasteiger charge is 2.59. The number of imide groups is 1. The third-order valence-corrected chi connectivity index (χ3v) is 7.12. The molecular weight excluding hydrogens is 406 g/mol. The fraction of sp³-hybridized carbons (Fsp3) is 0.360. The maximum absolute atomic E-state index is 13.2. The topological polar surface area (TPSA) is 85.9 Å². The van der Waals surface area contributed by atoms with Crippen LogP contribution >= 0.6 is 0 Å². The molecule has 2 aromatic carbocycles. The van der Waals surface area contributed by atoms with Crippen molar-refractivity contribution >= 4 is 22.8 Å². The van der Waals surface area contributed by atoms with Crippen LogP contribution in [0.5, 0.6) is 11.5 Å². The first kappa shape index (κ1) is 19.2. The van der Waals surface area contributed by atoms with Crippen LogP contribution in [0, 0.1) is 5.92 Å². The molecule has 3 heterocycles. The molecule has 1 saturated carbocycles. The molecule has 3 amide bonds.